The van der Waals surface area contributed by atoms with Crippen LogP contribution in [0.5, 0.6) is 5.75 Å². The van der Waals surface area contributed by atoms with Gasteiger partial charge in [-0.1, -0.05) is 60.1 Å². The first-order valence-corrected chi connectivity index (χ1v) is 7.83. The Morgan fingerprint density at radius 1 is 1.10 bits per heavy atom. The van der Waals surface area contributed by atoms with Crippen LogP contribution in [0.4, 0.5) is 0 Å². The standard InChI is InChI=1S/C19H30O2/c1-8-19(6,7)13-17(18(3,4)5)15-9-11-16(12-10-15)21-14(2)20/h9-12,17H,8,13H2,1-7H3. The van der Waals surface area contributed by atoms with E-state index in [1.54, 1.807) is 0 Å². The Labute approximate surface area is 129 Å². The molecule has 0 N–H and O–H groups in total. The molecule has 118 valence electrons. The molecule has 1 rings (SSSR count). The van der Waals surface area contributed by atoms with Crippen LogP contribution >= 0.6 is 0 Å². The van der Waals surface area contributed by atoms with Crippen LogP contribution in [0.2, 0.25) is 0 Å². The van der Waals surface area contributed by atoms with Crippen LogP contribution in [-0.2, 0) is 4.79 Å². The summed E-state index contributed by atoms with van der Waals surface area (Å²) in [6.07, 6.45) is 2.32. The lowest BCUT2D eigenvalue weighted by atomic mass is 9.68. The highest BCUT2D eigenvalue weighted by Gasteiger charge is 2.31. The lowest BCUT2D eigenvalue weighted by Crippen LogP contribution is -2.25. The Balaban J connectivity index is 3.02. The quantitative estimate of drug-likeness (QED) is 0.523. The molecule has 0 saturated heterocycles. The van der Waals surface area contributed by atoms with Crippen molar-refractivity contribution in [3.05, 3.63) is 29.8 Å². The molecular formula is C19H30O2. The summed E-state index contributed by atoms with van der Waals surface area (Å²) >= 11 is 0. The maximum absolute atomic E-state index is 11.0. The van der Waals surface area contributed by atoms with Crippen LogP contribution in [0.15, 0.2) is 24.3 Å². The minimum absolute atomic E-state index is 0.204. The molecule has 1 aromatic carbocycles. The molecule has 0 fully saturated rings. The van der Waals surface area contributed by atoms with Gasteiger partial charge in [0.1, 0.15) is 5.75 Å². The summed E-state index contributed by atoms with van der Waals surface area (Å²) in [5, 5.41) is 0. The lowest BCUT2D eigenvalue weighted by Gasteiger charge is -2.37. The van der Waals surface area contributed by atoms with E-state index in [0.717, 1.165) is 6.42 Å². The molecule has 0 heterocycles. The average molecular weight is 290 g/mol. The van der Waals surface area contributed by atoms with E-state index in [-0.39, 0.29) is 11.4 Å². The highest BCUT2D eigenvalue weighted by molar-refractivity contribution is 5.69. The predicted molar refractivity (Wildman–Crippen MR) is 88.6 cm³/mol. The van der Waals surface area contributed by atoms with E-state index in [4.69, 9.17) is 4.74 Å². The van der Waals surface area contributed by atoms with Crippen LogP contribution in [-0.4, -0.2) is 5.97 Å². The number of esters is 1. The molecule has 0 bridgehead atoms. The van der Waals surface area contributed by atoms with Gasteiger partial charge in [0, 0.05) is 6.92 Å². The number of rotatable bonds is 5. The number of carbonyl (C=O) groups is 1. The molecule has 0 radical (unpaired) electrons. The minimum atomic E-state index is -0.276. The molecule has 0 amide bonds. The Morgan fingerprint density at radius 2 is 1.62 bits per heavy atom. The number of benzene rings is 1. The van der Waals surface area contributed by atoms with Gasteiger partial charge < -0.3 is 4.74 Å². The summed E-state index contributed by atoms with van der Waals surface area (Å²) in [7, 11) is 0. The molecule has 0 aromatic heterocycles. The first kappa shape index (κ1) is 17.7. The highest BCUT2D eigenvalue weighted by Crippen LogP contribution is 2.44. The molecule has 21 heavy (non-hydrogen) atoms. The fourth-order valence-electron chi connectivity index (χ4n) is 2.56. The van der Waals surface area contributed by atoms with E-state index in [1.165, 1.54) is 18.9 Å². The molecule has 1 unspecified atom stereocenters. The van der Waals surface area contributed by atoms with Crippen molar-refractivity contribution in [2.75, 3.05) is 0 Å². The van der Waals surface area contributed by atoms with Gasteiger partial charge in [0.05, 0.1) is 0 Å². The Hall–Kier alpha value is -1.31. The second-order valence-corrected chi connectivity index (χ2v) is 7.80. The fourth-order valence-corrected chi connectivity index (χ4v) is 2.56. The summed E-state index contributed by atoms with van der Waals surface area (Å²) in [4.78, 5) is 11.0. The first-order valence-electron chi connectivity index (χ1n) is 7.83. The molecule has 1 aromatic rings. The van der Waals surface area contributed by atoms with E-state index < -0.39 is 0 Å². The zero-order valence-corrected chi connectivity index (χ0v) is 14.6. The molecule has 0 aliphatic carbocycles. The topological polar surface area (TPSA) is 26.3 Å². The maximum atomic E-state index is 11.0. The third-order valence-corrected chi connectivity index (χ3v) is 4.30. The SMILES string of the molecule is CCC(C)(C)CC(c1ccc(OC(C)=O)cc1)C(C)(C)C. The van der Waals surface area contributed by atoms with Crippen LogP contribution in [0, 0.1) is 10.8 Å². The van der Waals surface area contributed by atoms with Gasteiger partial charge in [0.2, 0.25) is 0 Å². The minimum Gasteiger partial charge on any atom is -0.427 e. The van der Waals surface area contributed by atoms with E-state index in [0.29, 0.717) is 17.1 Å². The Kier molecular flexibility index (Phi) is 5.61. The monoisotopic (exact) mass is 290 g/mol. The summed E-state index contributed by atoms with van der Waals surface area (Å²) in [5.41, 5.74) is 1.85. The van der Waals surface area contributed by atoms with E-state index in [1.807, 2.05) is 12.1 Å². The first-order chi connectivity index (χ1) is 9.55. The molecule has 0 saturated carbocycles. The molecule has 0 aliphatic rings. The van der Waals surface area contributed by atoms with Crippen LogP contribution in [0.3, 0.4) is 0 Å². The summed E-state index contributed by atoms with van der Waals surface area (Å²) in [6.45, 7) is 15.2. The van der Waals surface area contributed by atoms with Gasteiger partial charge >= 0.3 is 5.97 Å². The van der Waals surface area contributed by atoms with Gasteiger partial charge in [0.15, 0.2) is 0 Å². The molecular weight excluding hydrogens is 260 g/mol. The summed E-state index contributed by atoms with van der Waals surface area (Å²) in [6, 6.07) is 7.99. The van der Waals surface area contributed by atoms with Crippen LogP contribution in [0.1, 0.15) is 72.8 Å². The molecule has 0 aliphatic heterocycles. The van der Waals surface area contributed by atoms with Gasteiger partial charge in [-0.15, -0.1) is 0 Å². The third-order valence-electron chi connectivity index (χ3n) is 4.30. The second kappa shape index (κ2) is 6.64. The van der Waals surface area contributed by atoms with Crippen molar-refractivity contribution in [3.8, 4) is 5.75 Å². The maximum Gasteiger partial charge on any atom is 0.308 e. The summed E-state index contributed by atoms with van der Waals surface area (Å²) < 4.78 is 5.12. The number of hydrogen-bond acceptors (Lipinski definition) is 2. The van der Waals surface area contributed by atoms with Crippen molar-refractivity contribution >= 4 is 5.97 Å². The van der Waals surface area contributed by atoms with Gasteiger partial charge in [-0.05, 0) is 40.9 Å². The average Bonchev–Trinajstić information content (AvgIpc) is 2.35. The molecule has 1 atom stereocenters. The lowest BCUT2D eigenvalue weighted by molar-refractivity contribution is -0.131. The smallest absolute Gasteiger partial charge is 0.308 e. The molecule has 2 heteroatoms. The normalized spacial score (nSPS) is 13.9. The fraction of sp³-hybridized carbons (Fsp3) is 0.632. The van der Waals surface area contributed by atoms with Gasteiger partial charge in [-0.3, -0.25) is 4.79 Å². The zero-order valence-electron chi connectivity index (χ0n) is 14.6. The van der Waals surface area contributed by atoms with Gasteiger partial charge in [-0.25, -0.2) is 0 Å². The summed E-state index contributed by atoms with van der Waals surface area (Å²) in [5.74, 6) is 0.828. The predicted octanol–water partition coefficient (Wildman–Crippen LogP) is 5.57. The Morgan fingerprint density at radius 3 is 2.00 bits per heavy atom. The Bertz CT molecular complexity index is 463. The third kappa shape index (κ3) is 5.53. The van der Waals surface area contributed by atoms with E-state index in [2.05, 4.69) is 53.7 Å². The van der Waals surface area contributed by atoms with Crippen molar-refractivity contribution in [2.24, 2.45) is 10.8 Å². The van der Waals surface area contributed by atoms with Crippen molar-refractivity contribution in [1.29, 1.82) is 0 Å². The molecule has 0 spiro atoms. The second-order valence-electron chi connectivity index (χ2n) is 7.80. The van der Waals surface area contributed by atoms with Gasteiger partial charge in [-0.2, -0.15) is 0 Å². The number of carbonyl (C=O) groups excluding carboxylic acids is 1. The van der Waals surface area contributed by atoms with Crippen LogP contribution in [0.25, 0.3) is 0 Å². The van der Waals surface area contributed by atoms with Crippen LogP contribution < -0.4 is 4.74 Å². The van der Waals surface area contributed by atoms with Gasteiger partial charge in [0.25, 0.3) is 0 Å². The van der Waals surface area contributed by atoms with Crippen molar-refractivity contribution in [2.45, 2.75) is 67.2 Å². The van der Waals surface area contributed by atoms with Crippen molar-refractivity contribution in [1.82, 2.24) is 0 Å². The number of ether oxygens (including phenoxy) is 1. The largest absolute Gasteiger partial charge is 0.427 e. The van der Waals surface area contributed by atoms with E-state index >= 15 is 0 Å². The zero-order chi connectivity index (χ0) is 16.3. The number of hydrogen-bond donors (Lipinski definition) is 0. The van der Waals surface area contributed by atoms with Crippen molar-refractivity contribution in [3.63, 3.8) is 0 Å². The van der Waals surface area contributed by atoms with Crippen molar-refractivity contribution < 1.29 is 9.53 Å². The van der Waals surface area contributed by atoms with E-state index in [9.17, 15) is 4.79 Å². The molecule has 2 nitrogen and oxygen atoms in total. The highest BCUT2D eigenvalue weighted by atomic mass is 16.5.